The van der Waals surface area contributed by atoms with E-state index >= 15 is 0 Å². The van der Waals surface area contributed by atoms with Crippen LogP contribution in [0.1, 0.15) is 43.0 Å². The van der Waals surface area contributed by atoms with Gasteiger partial charge in [0.25, 0.3) is 0 Å². The van der Waals surface area contributed by atoms with Crippen LogP contribution < -0.4 is 11.1 Å². The van der Waals surface area contributed by atoms with E-state index in [1.807, 2.05) is 17.8 Å². The molecule has 1 fully saturated rings. The Morgan fingerprint density at radius 2 is 2.29 bits per heavy atom. The molecule has 2 atom stereocenters. The van der Waals surface area contributed by atoms with Crippen LogP contribution in [0.2, 0.25) is 0 Å². The first kappa shape index (κ1) is 16.0. The van der Waals surface area contributed by atoms with Crippen molar-refractivity contribution in [2.24, 2.45) is 0 Å². The molecule has 1 saturated carbocycles. The summed E-state index contributed by atoms with van der Waals surface area (Å²) >= 11 is 1.94. The molecule has 1 aliphatic rings. The predicted octanol–water partition coefficient (Wildman–Crippen LogP) is 3.53. The predicted molar refractivity (Wildman–Crippen MR) is 90.0 cm³/mol. The van der Waals surface area contributed by atoms with Crippen molar-refractivity contribution in [2.45, 2.75) is 43.9 Å². The fourth-order valence-electron chi connectivity index (χ4n) is 2.75. The summed E-state index contributed by atoms with van der Waals surface area (Å²) in [6, 6.07) is 5.80. The van der Waals surface area contributed by atoms with Gasteiger partial charge in [-0.05, 0) is 50.6 Å². The smallest absolute Gasteiger partial charge is 0.338 e. The number of carbonyl (C=O) groups excluding carboxylic acids is 1. The first-order valence-electron chi connectivity index (χ1n) is 7.50. The van der Waals surface area contributed by atoms with E-state index in [0.29, 0.717) is 23.9 Å². The molecule has 0 spiro atoms. The van der Waals surface area contributed by atoms with Gasteiger partial charge in [-0.15, -0.1) is 0 Å². The molecular formula is C16H24N2O2S. The quantitative estimate of drug-likeness (QED) is 0.643. The Kier molecular flexibility index (Phi) is 5.79. The highest BCUT2D eigenvalue weighted by atomic mass is 32.2. The van der Waals surface area contributed by atoms with Gasteiger partial charge in [0.05, 0.1) is 23.5 Å². The number of anilines is 2. The molecule has 1 aromatic rings. The lowest BCUT2D eigenvalue weighted by atomic mass is 9.94. The Morgan fingerprint density at radius 1 is 1.48 bits per heavy atom. The molecular weight excluding hydrogens is 284 g/mol. The number of nitrogens with one attached hydrogen (secondary N) is 1. The molecule has 116 valence electrons. The molecule has 1 aliphatic carbocycles. The van der Waals surface area contributed by atoms with Crippen molar-refractivity contribution in [1.82, 2.24) is 0 Å². The van der Waals surface area contributed by atoms with Gasteiger partial charge in [0.2, 0.25) is 0 Å². The number of nitrogen functional groups attached to an aromatic ring is 1. The Hall–Kier alpha value is -1.36. The van der Waals surface area contributed by atoms with Gasteiger partial charge in [-0.25, -0.2) is 4.79 Å². The number of hydrogen-bond acceptors (Lipinski definition) is 5. The van der Waals surface area contributed by atoms with Crippen molar-refractivity contribution in [3.63, 3.8) is 0 Å². The molecule has 1 aromatic carbocycles. The molecule has 0 aromatic heterocycles. The maximum atomic E-state index is 11.7. The summed E-state index contributed by atoms with van der Waals surface area (Å²) < 4.78 is 4.98. The molecule has 0 aliphatic heterocycles. The van der Waals surface area contributed by atoms with Crippen molar-refractivity contribution in [1.29, 1.82) is 0 Å². The molecule has 0 amide bonds. The molecule has 2 unspecified atom stereocenters. The highest BCUT2D eigenvalue weighted by molar-refractivity contribution is 7.99. The standard InChI is InChI=1S/C16H24N2O2S/c1-3-20-16(19)11-7-8-15(14(17)9-11)18-12-5-4-6-13(10-12)21-2/h7-9,12-13,18H,3-6,10,17H2,1-2H3. The largest absolute Gasteiger partial charge is 0.462 e. The Morgan fingerprint density at radius 3 is 2.95 bits per heavy atom. The summed E-state index contributed by atoms with van der Waals surface area (Å²) in [4.78, 5) is 11.7. The molecule has 3 N–H and O–H groups in total. The lowest BCUT2D eigenvalue weighted by molar-refractivity contribution is 0.0526. The SMILES string of the molecule is CCOC(=O)c1ccc(NC2CCCC(SC)C2)c(N)c1. The average Bonchev–Trinajstić information content (AvgIpc) is 2.49. The van der Waals surface area contributed by atoms with Crippen molar-refractivity contribution in [3.8, 4) is 0 Å². The highest BCUT2D eigenvalue weighted by Gasteiger charge is 2.21. The van der Waals surface area contributed by atoms with Crippen LogP contribution in [0, 0.1) is 0 Å². The second-order valence-corrected chi connectivity index (χ2v) is 6.53. The van der Waals surface area contributed by atoms with Crippen LogP contribution in [0.25, 0.3) is 0 Å². The van der Waals surface area contributed by atoms with Crippen LogP contribution in [0.5, 0.6) is 0 Å². The minimum Gasteiger partial charge on any atom is -0.462 e. The van der Waals surface area contributed by atoms with Gasteiger partial charge in [-0.2, -0.15) is 11.8 Å². The zero-order valence-electron chi connectivity index (χ0n) is 12.7. The van der Waals surface area contributed by atoms with E-state index in [1.165, 1.54) is 25.7 Å². The van der Waals surface area contributed by atoms with E-state index < -0.39 is 0 Å². The first-order valence-corrected chi connectivity index (χ1v) is 8.78. The van der Waals surface area contributed by atoms with E-state index in [4.69, 9.17) is 10.5 Å². The van der Waals surface area contributed by atoms with E-state index in [0.717, 1.165) is 10.9 Å². The number of carbonyl (C=O) groups is 1. The van der Waals surface area contributed by atoms with Gasteiger partial charge in [-0.1, -0.05) is 6.42 Å². The summed E-state index contributed by atoms with van der Waals surface area (Å²) in [6.07, 6.45) is 7.08. The fourth-order valence-corrected chi connectivity index (χ4v) is 3.57. The molecule has 0 saturated heterocycles. The average molecular weight is 308 g/mol. The van der Waals surface area contributed by atoms with E-state index in [9.17, 15) is 4.79 Å². The lowest BCUT2D eigenvalue weighted by Gasteiger charge is -2.29. The van der Waals surface area contributed by atoms with Crippen LogP contribution in [0.4, 0.5) is 11.4 Å². The number of benzene rings is 1. The van der Waals surface area contributed by atoms with Gasteiger partial charge in [-0.3, -0.25) is 0 Å². The monoisotopic (exact) mass is 308 g/mol. The number of rotatable bonds is 5. The maximum absolute atomic E-state index is 11.7. The number of nitrogens with two attached hydrogens (primary N) is 1. The third kappa shape index (κ3) is 4.30. The minimum absolute atomic E-state index is 0.323. The van der Waals surface area contributed by atoms with E-state index in [-0.39, 0.29) is 5.97 Å². The van der Waals surface area contributed by atoms with Crippen molar-refractivity contribution >= 4 is 29.1 Å². The Balaban J connectivity index is 2.02. The van der Waals surface area contributed by atoms with Crippen LogP contribution in [-0.4, -0.2) is 30.1 Å². The molecule has 0 radical (unpaired) electrons. The summed E-state index contributed by atoms with van der Waals surface area (Å²) in [5.74, 6) is -0.323. The number of esters is 1. The van der Waals surface area contributed by atoms with Crippen LogP contribution in [-0.2, 0) is 4.74 Å². The van der Waals surface area contributed by atoms with Gasteiger partial charge >= 0.3 is 5.97 Å². The van der Waals surface area contributed by atoms with E-state index in [1.54, 1.807) is 19.1 Å². The van der Waals surface area contributed by atoms with Gasteiger partial charge in [0, 0.05) is 11.3 Å². The molecule has 4 nitrogen and oxygen atoms in total. The second-order valence-electron chi connectivity index (χ2n) is 5.39. The molecule has 2 rings (SSSR count). The summed E-state index contributed by atoms with van der Waals surface area (Å²) in [5, 5.41) is 4.25. The summed E-state index contributed by atoms with van der Waals surface area (Å²) in [5.41, 5.74) is 8.08. The summed E-state index contributed by atoms with van der Waals surface area (Å²) in [7, 11) is 0. The number of thioether (sulfide) groups is 1. The normalized spacial score (nSPS) is 21.8. The van der Waals surface area contributed by atoms with Gasteiger partial charge in [0.15, 0.2) is 0 Å². The highest BCUT2D eigenvalue weighted by Crippen LogP contribution is 2.30. The van der Waals surface area contributed by atoms with E-state index in [2.05, 4.69) is 11.6 Å². The number of hydrogen-bond donors (Lipinski definition) is 2. The molecule has 21 heavy (non-hydrogen) atoms. The Bertz CT molecular complexity index is 493. The molecule has 0 bridgehead atoms. The summed E-state index contributed by atoms with van der Waals surface area (Å²) in [6.45, 7) is 2.17. The van der Waals surface area contributed by atoms with Crippen molar-refractivity contribution in [2.75, 3.05) is 23.9 Å². The molecule has 5 heteroatoms. The number of ether oxygens (including phenoxy) is 1. The topological polar surface area (TPSA) is 64.3 Å². The molecule has 0 heterocycles. The maximum Gasteiger partial charge on any atom is 0.338 e. The second kappa shape index (κ2) is 7.59. The zero-order valence-corrected chi connectivity index (χ0v) is 13.5. The minimum atomic E-state index is -0.323. The van der Waals surface area contributed by atoms with Gasteiger partial charge < -0.3 is 15.8 Å². The fraction of sp³-hybridized carbons (Fsp3) is 0.562. The van der Waals surface area contributed by atoms with Crippen LogP contribution >= 0.6 is 11.8 Å². The van der Waals surface area contributed by atoms with Crippen LogP contribution in [0.15, 0.2) is 18.2 Å². The Labute approximate surface area is 130 Å². The first-order chi connectivity index (χ1) is 10.1. The van der Waals surface area contributed by atoms with Crippen molar-refractivity contribution in [3.05, 3.63) is 23.8 Å². The third-order valence-electron chi connectivity index (χ3n) is 3.88. The van der Waals surface area contributed by atoms with Gasteiger partial charge in [0.1, 0.15) is 0 Å². The van der Waals surface area contributed by atoms with Crippen LogP contribution in [0.3, 0.4) is 0 Å². The third-order valence-corrected chi connectivity index (χ3v) is 4.98. The van der Waals surface area contributed by atoms with Crippen molar-refractivity contribution < 1.29 is 9.53 Å². The zero-order chi connectivity index (χ0) is 15.2. The lowest BCUT2D eigenvalue weighted by Crippen LogP contribution is -2.28.